The van der Waals surface area contributed by atoms with Crippen LogP contribution >= 0.6 is 11.6 Å². The van der Waals surface area contributed by atoms with Crippen molar-refractivity contribution in [3.63, 3.8) is 0 Å². The van der Waals surface area contributed by atoms with Gasteiger partial charge in [-0.05, 0) is 38.4 Å². The van der Waals surface area contributed by atoms with Gasteiger partial charge in [0, 0.05) is 19.2 Å². The van der Waals surface area contributed by atoms with E-state index in [1.807, 2.05) is 4.57 Å². The number of fused-ring (bicyclic) bond motifs is 1. The number of rotatable bonds is 3. The Bertz CT molecular complexity index is 656. The van der Waals surface area contributed by atoms with Crippen molar-refractivity contribution in [1.82, 2.24) is 14.5 Å². The molecule has 0 radical (unpaired) electrons. The van der Waals surface area contributed by atoms with Crippen LogP contribution in [0.4, 0.5) is 8.78 Å². The van der Waals surface area contributed by atoms with E-state index in [4.69, 9.17) is 11.6 Å². The fourth-order valence-corrected chi connectivity index (χ4v) is 3.39. The summed E-state index contributed by atoms with van der Waals surface area (Å²) < 4.78 is 29.2. The van der Waals surface area contributed by atoms with Crippen molar-refractivity contribution in [2.75, 3.05) is 20.1 Å². The third-order valence-electron chi connectivity index (χ3n) is 4.13. The van der Waals surface area contributed by atoms with E-state index in [0.29, 0.717) is 23.8 Å². The first-order chi connectivity index (χ1) is 10.1. The third kappa shape index (κ3) is 2.90. The molecule has 0 bridgehead atoms. The van der Waals surface area contributed by atoms with Crippen molar-refractivity contribution >= 4 is 22.6 Å². The van der Waals surface area contributed by atoms with Crippen molar-refractivity contribution in [2.45, 2.75) is 25.3 Å². The molecule has 1 aliphatic heterocycles. The number of likely N-dealkylation sites (tertiary alicyclic amines) is 1. The van der Waals surface area contributed by atoms with Crippen LogP contribution in [0.1, 0.15) is 18.7 Å². The van der Waals surface area contributed by atoms with Gasteiger partial charge in [0.25, 0.3) is 0 Å². The van der Waals surface area contributed by atoms with Crippen molar-refractivity contribution in [3.05, 3.63) is 29.6 Å². The fraction of sp³-hybridized carbons (Fsp3) is 0.533. The third-order valence-corrected chi connectivity index (χ3v) is 4.37. The van der Waals surface area contributed by atoms with Crippen LogP contribution in [-0.2, 0) is 12.4 Å². The standard InChI is InChI=1S/C15H18ClF2N3/c1-20-4-2-3-10(8-20)9-21-13-6-11(17)5-12(18)15(13)19-14(21)7-16/h5-6,10H,2-4,7-9H2,1H3. The fourth-order valence-electron chi connectivity index (χ4n) is 3.18. The molecule has 0 saturated carbocycles. The lowest BCUT2D eigenvalue weighted by atomic mass is 9.98. The van der Waals surface area contributed by atoms with Crippen LogP contribution in [0.5, 0.6) is 0 Å². The van der Waals surface area contributed by atoms with Crippen molar-refractivity contribution in [1.29, 1.82) is 0 Å². The molecule has 1 aromatic heterocycles. The molecule has 0 aliphatic carbocycles. The highest BCUT2D eigenvalue weighted by Crippen LogP contribution is 2.25. The Morgan fingerprint density at radius 2 is 2.19 bits per heavy atom. The zero-order valence-electron chi connectivity index (χ0n) is 12.0. The SMILES string of the molecule is CN1CCCC(Cn2c(CCl)nc3c(F)cc(F)cc32)C1. The van der Waals surface area contributed by atoms with E-state index in [0.717, 1.165) is 32.0 Å². The molecule has 1 aromatic carbocycles. The predicted molar refractivity (Wildman–Crippen MR) is 79.4 cm³/mol. The normalized spacial score (nSPS) is 20.3. The predicted octanol–water partition coefficient (Wildman–Crippen LogP) is 3.40. The summed E-state index contributed by atoms with van der Waals surface area (Å²) in [6, 6.07) is 2.21. The molecule has 1 aliphatic rings. The first-order valence-electron chi connectivity index (χ1n) is 7.17. The summed E-state index contributed by atoms with van der Waals surface area (Å²) in [5.41, 5.74) is 0.701. The quantitative estimate of drug-likeness (QED) is 0.810. The van der Waals surface area contributed by atoms with Gasteiger partial charge < -0.3 is 9.47 Å². The van der Waals surface area contributed by atoms with E-state index in [9.17, 15) is 8.78 Å². The Morgan fingerprint density at radius 1 is 1.38 bits per heavy atom. The second-order valence-electron chi connectivity index (χ2n) is 5.80. The average Bonchev–Trinajstić information content (AvgIpc) is 2.77. The van der Waals surface area contributed by atoms with Gasteiger partial charge in [-0.2, -0.15) is 0 Å². The summed E-state index contributed by atoms with van der Waals surface area (Å²) in [7, 11) is 2.10. The molecule has 1 saturated heterocycles. The zero-order chi connectivity index (χ0) is 15.0. The second kappa shape index (κ2) is 5.89. The number of hydrogen-bond donors (Lipinski definition) is 0. The summed E-state index contributed by atoms with van der Waals surface area (Å²) in [5.74, 6) is 0.0379. The summed E-state index contributed by atoms with van der Waals surface area (Å²) >= 11 is 5.93. The maximum atomic E-state index is 13.9. The first-order valence-corrected chi connectivity index (χ1v) is 7.70. The summed E-state index contributed by atoms with van der Waals surface area (Å²) in [5, 5.41) is 0. The lowest BCUT2D eigenvalue weighted by Gasteiger charge is -2.30. The zero-order valence-corrected chi connectivity index (χ0v) is 12.7. The van der Waals surface area contributed by atoms with Crippen LogP contribution in [0.3, 0.4) is 0 Å². The Kier molecular flexibility index (Phi) is 4.13. The van der Waals surface area contributed by atoms with Gasteiger partial charge in [-0.25, -0.2) is 13.8 Å². The molecule has 1 unspecified atom stereocenters. The number of piperidine rings is 1. The van der Waals surface area contributed by atoms with Crippen LogP contribution in [0.25, 0.3) is 11.0 Å². The minimum atomic E-state index is -0.629. The lowest BCUT2D eigenvalue weighted by molar-refractivity contribution is 0.195. The molecule has 0 amide bonds. The van der Waals surface area contributed by atoms with Gasteiger partial charge in [-0.1, -0.05) is 0 Å². The average molecular weight is 314 g/mol. The van der Waals surface area contributed by atoms with Gasteiger partial charge in [-0.15, -0.1) is 11.6 Å². The Labute approximate surface area is 127 Å². The van der Waals surface area contributed by atoms with Crippen molar-refractivity contribution < 1.29 is 8.78 Å². The van der Waals surface area contributed by atoms with Gasteiger partial charge in [-0.3, -0.25) is 0 Å². The topological polar surface area (TPSA) is 21.1 Å². The first kappa shape index (κ1) is 14.7. The molecule has 1 atom stereocenters. The second-order valence-corrected chi connectivity index (χ2v) is 6.07. The molecular weight excluding hydrogens is 296 g/mol. The minimum absolute atomic E-state index is 0.193. The molecule has 0 spiro atoms. The van der Waals surface area contributed by atoms with E-state index >= 15 is 0 Å². The molecule has 0 N–H and O–H groups in total. The smallest absolute Gasteiger partial charge is 0.153 e. The highest BCUT2D eigenvalue weighted by Gasteiger charge is 2.21. The minimum Gasteiger partial charge on any atom is -0.326 e. The number of nitrogens with zero attached hydrogens (tertiary/aromatic N) is 3. The van der Waals surface area contributed by atoms with Crippen molar-refractivity contribution in [2.24, 2.45) is 5.92 Å². The monoisotopic (exact) mass is 313 g/mol. The van der Waals surface area contributed by atoms with Gasteiger partial charge in [0.15, 0.2) is 5.82 Å². The summed E-state index contributed by atoms with van der Waals surface area (Å²) in [4.78, 5) is 6.52. The Morgan fingerprint density at radius 3 is 2.90 bits per heavy atom. The van der Waals surface area contributed by atoms with Gasteiger partial charge in [0.05, 0.1) is 11.4 Å². The Hall–Kier alpha value is -1.20. The number of alkyl halides is 1. The van der Waals surface area contributed by atoms with Crippen molar-refractivity contribution in [3.8, 4) is 0 Å². The molecule has 6 heteroatoms. The van der Waals surface area contributed by atoms with E-state index in [1.165, 1.54) is 6.07 Å². The van der Waals surface area contributed by atoms with E-state index in [-0.39, 0.29) is 11.4 Å². The van der Waals surface area contributed by atoms with Crippen LogP contribution in [0.2, 0.25) is 0 Å². The van der Waals surface area contributed by atoms with Crippen LogP contribution in [-0.4, -0.2) is 34.6 Å². The molecule has 1 fully saturated rings. The van der Waals surface area contributed by atoms with Gasteiger partial charge in [0.1, 0.15) is 17.2 Å². The van der Waals surface area contributed by atoms with E-state index in [2.05, 4.69) is 16.9 Å². The number of aromatic nitrogens is 2. The molecule has 21 heavy (non-hydrogen) atoms. The van der Waals surface area contributed by atoms with E-state index in [1.54, 1.807) is 0 Å². The number of imidazole rings is 1. The molecule has 3 nitrogen and oxygen atoms in total. The highest BCUT2D eigenvalue weighted by atomic mass is 35.5. The van der Waals surface area contributed by atoms with Crippen LogP contribution in [0.15, 0.2) is 12.1 Å². The molecule has 114 valence electrons. The highest BCUT2D eigenvalue weighted by molar-refractivity contribution is 6.16. The maximum Gasteiger partial charge on any atom is 0.153 e. The molecule has 3 rings (SSSR count). The molecule has 2 heterocycles. The number of benzene rings is 1. The van der Waals surface area contributed by atoms with Crippen LogP contribution in [0, 0.1) is 17.6 Å². The largest absolute Gasteiger partial charge is 0.326 e. The number of hydrogen-bond acceptors (Lipinski definition) is 2. The molecule has 2 aromatic rings. The van der Waals surface area contributed by atoms with Gasteiger partial charge >= 0.3 is 0 Å². The molecular formula is C15H18ClF2N3. The Balaban J connectivity index is 1.99. The maximum absolute atomic E-state index is 13.9. The lowest BCUT2D eigenvalue weighted by Crippen LogP contribution is -2.34. The number of halogens is 3. The van der Waals surface area contributed by atoms with Gasteiger partial charge in [0.2, 0.25) is 0 Å². The van der Waals surface area contributed by atoms with Crippen LogP contribution < -0.4 is 0 Å². The summed E-state index contributed by atoms with van der Waals surface area (Å²) in [6.07, 6.45) is 2.26. The van der Waals surface area contributed by atoms with E-state index < -0.39 is 11.6 Å². The summed E-state index contributed by atoms with van der Waals surface area (Å²) in [6.45, 7) is 2.79.